The highest BCUT2D eigenvalue weighted by Crippen LogP contribution is 2.69. The molecule has 0 atom stereocenters. The van der Waals surface area contributed by atoms with Crippen molar-refractivity contribution in [1.29, 1.82) is 0 Å². The largest absolute Gasteiger partial charge is 0.354 e. The summed E-state index contributed by atoms with van der Waals surface area (Å²) >= 11 is 0. The minimum absolute atomic E-state index is 0.250. The van der Waals surface area contributed by atoms with E-state index in [1.165, 1.54) is 86.9 Å². The van der Waals surface area contributed by atoms with Crippen LogP contribution in [0.5, 0.6) is 0 Å². The van der Waals surface area contributed by atoms with Crippen molar-refractivity contribution in [2.24, 2.45) is 23.7 Å². The summed E-state index contributed by atoms with van der Waals surface area (Å²) in [6, 6.07) is 37.2. The van der Waals surface area contributed by atoms with E-state index in [9.17, 15) is 0 Å². The fraction of sp³-hybridized carbons (Fsp3) is 0.263. The molecule has 4 saturated carbocycles. The van der Waals surface area contributed by atoms with Gasteiger partial charge in [0.2, 0.25) is 0 Å². The Bertz CT molecular complexity index is 1960. The van der Waals surface area contributed by atoms with E-state index in [4.69, 9.17) is 0 Å². The minimum atomic E-state index is 0.250. The third-order valence-electron chi connectivity index (χ3n) is 11.4. The van der Waals surface area contributed by atoms with Crippen LogP contribution in [0.4, 0.5) is 0 Å². The molecule has 11 rings (SSSR count). The fourth-order valence-corrected chi connectivity index (χ4v) is 10.2. The van der Waals surface area contributed by atoms with Crippen molar-refractivity contribution in [2.75, 3.05) is 0 Å². The summed E-state index contributed by atoms with van der Waals surface area (Å²) in [4.78, 5) is 3.72. The maximum Gasteiger partial charge on any atom is 0.0544 e. The van der Waals surface area contributed by atoms with Crippen LogP contribution in [0.15, 0.2) is 97.1 Å². The van der Waals surface area contributed by atoms with Crippen molar-refractivity contribution < 1.29 is 0 Å². The quantitative estimate of drug-likeness (QED) is 0.231. The number of aromatic nitrogens is 1. The topological polar surface area (TPSA) is 15.8 Å². The maximum atomic E-state index is 3.72. The highest BCUT2D eigenvalue weighted by Gasteiger charge is 2.61. The highest BCUT2D eigenvalue weighted by atomic mass is 14.7. The molecule has 1 N–H and O–H groups in total. The summed E-state index contributed by atoms with van der Waals surface area (Å²) in [6.45, 7) is 0. The first-order chi connectivity index (χ1) is 19.3. The van der Waals surface area contributed by atoms with Gasteiger partial charge in [0.05, 0.1) is 5.52 Å². The molecule has 1 aromatic heterocycles. The summed E-state index contributed by atoms with van der Waals surface area (Å²) in [7, 11) is 0. The Balaban J connectivity index is 1.16. The van der Waals surface area contributed by atoms with Gasteiger partial charge < -0.3 is 4.98 Å². The monoisotopic (exact) mass is 501 g/mol. The summed E-state index contributed by atoms with van der Waals surface area (Å²) in [5.41, 5.74) is 11.6. The SMILES string of the molecule is c1ccc2c(c1)-c1cc(-c3ccc4[nH]c5c6ccccc6ccc5c4c3)ccc1C21C2CC3CC(C2)CC1C3. The van der Waals surface area contributed by atoms with E-state index in [1.807, 2.05) is 0 Å². The Morgan fingerprint density at radius 1 is 0.538 bits per heavy atom. The molecule has 1 nitrogen and oxygen atoms in total. The van der Waals surface area contributed by atoms with Crippen molar-refractivity contribution in [3.8, 4) is 22.3 Å². The molecule has 0 saturated heterocycles. The van der Waals surface area contributed by atoms with Crippen molar-refractivity contribution in [3.05, 3.63) is 108 Å². The van der Waals surface area contributed by atoms with Gasteiger partial charge in [-0.05, 0) is 113 Å². The molecule has 5 aliphatic carbocycles. The normalized spacial score (nSPS) is 28.1. The summed E-state index contributed by atoms with van der Waals surface area (Å²) in [6.07, 6.45) is 7.26. The summed E-state index contributed by atoms with van der Waals surface area (Å²) in [5, 5.41) is 5.20. The van der Waals surface area contributed by atoms with Gasteiger partial charge in [-0.3, -0.25) is 0 Å². The van der Waals surface area contributed by atoms with Gasteiger partial charge in [0, 0.05) is 27.1 Å². The number of fused-ring (bicyclic) bond motifs is 8. The molecule has 1 spiro atoms. The zero-order chi connectivity index (χ0) is 25.3. The highest BCUT2D eigenvalue weighted by molar-refractivity contribution is 6.17. The molecule has 1 heterocycles. The average molecular weight is 502 g/mol. The second-order valence-corrected chi connectivity index (χ2v) is 13.1. The number of nitrogens with one attached hydrogen (secondary N) is 1. The van der Waals surface area contributed by atoms with E-state index in [0.717, 1.165) is 23.7 Å². The molecule has 188 valence electrons. The van der Waals surface area contributed by atoms with Crippen molar-refractivity contribution in [2.45, 2.75) is 37.5 Å². The zero-order valence-corrected chi connectivity index (χ0v) is 22.1. The second kappa shape index (κ2) is 7.21. The first kappa shape index (κ1) is 21.0. The molecule has 0 amide bonds. The lowest BCUT2D eigenvalue weighted by Crippen LogP contribution is -2.55. The van der Waals surface area contributed by atoms with E-state index < -0.39 is 0 Å². The van der Waals surface area contributed by atoms with Crippen LogP contribution in [-0.4, -0.2) is 4.98 Å². The third-order valence-corrected chi connectivity index (χ3v) is 11.4. The molecule has 0 unspecified atom stereocenters. The van der Waals surface area contributed by atoms with Crippen LogP contribution in [0.1, 0.15) is 43.2 Å². The lowest BCUT2D eigenvalue weighted by atomic mass is 9.43. The molecular weight excluding hydrogens is 470 g/mol. The molecule has 4 bridgehead atoms. The van der Waals surface area contributed by atoms with Crippen molar-refractivity contribution >= 4 is 32.6 Å². The number of hydrogen-bond acceptors (Lipinski definition) is 0. The predicted molar refractivity (Wildman–Crippen MR) is 162 cm³/mol. The molecule has 5 aromatic carbocycles. The molecule has 0 radical (unpaired) electrons. The van der Waals surface area contributed by atoms with E-state index in [-0.39, 0.29) is 5.41 Å². The van der Waals surface area contributed by atoms with Gasteiger partial charge in [-0.25, -0.2) is 0 Å². The molecule has 1 heteroatoms. The Morgan fingerprint density at radius 3 is 2.13 bits per heavy atom. The number of benzene rings is 5. The third kappa shape index (κ3) is 2.57. The maximum absolute atomic E-state index is 3.72. The van der Waals surface area contributed by atoms with Gasteiger partial charge in [-0.15, -0.1) is 0 Å². The molecular formula is C38H31N. The van der Waals surface area contributed by atoms with Crippen LogP contribution < -0.4 is 0 Å². The van der Waals surface area contributed by atoms with E-state index in [2.05, 4.69) is 102 Å². The lowest BCUT2D eigenvalue weighted by Gasteiger charge is -2.61. The second-order valence-electron chi connectivity index (χ2n) is 13.1. The zero-order valence-electron chi connectivity index (χ0n) is 22.1. The number of hydrogen-bond donors (Lipinski definition) is 1. The van der Waals surface area contributed by atoms with Crippen LogP contribution in [0.2, 0.25) is 0 Å². The van der Waals surface area contributed by atoms with E-state index in [0.29, 0.717) is 0 Å². The summed E-state index contributed by atoms with van der Waals surface area (Å²) < 4.78 is 0. The van der Waals surface area contributed by atoms with Crippen LogP contribution in [-0.2, 0) is 5.41 Å². The predicted octanol–water partition coefficient (Wildman–Crippen LogP) is 9.86. The van der Waals surface area contributed by atoms with Gasteiger partial charge in [0.1, 0.15) is 0 Å². The Morgan fingerprint density at radius 2 is 1.26 bits per heavy atom. The molecule has 4 fully saturated rings. The van der Waals surface area contributed by atoms with Crippen molar-refractivity contribution in [1.82, 2.24) is 4.98 Å². The lowest BCUT2D eigenvalue weighted by molar-refractivity contribution is -0.0399. The van der Waals surface area contributed by atoms with E-state index in [1.54, 1.807) is 11.1 Å². The van der Waals surface area contributed by atoms with Crippen LogP contribution in [0.25, 0.3) is 54.8 Å². The van der Waals surface area contributed by atoms with Gasteiger partial charge in [-0.1, -0.05) is 78.9 Å². The first-order valence-electron chi connectivity index (χ1n) is 15.0. The first-order valence-corrected chi connectivity index (χ1v) is 15.0. The smallest absolute Gasteiger partial charge is 0.0544 e. The molecule has 6 aromatic rings. The number of rotatable bonds is 1. The Kier molecular flexibility index (Phi) is 3.89. The van der Waals surface area contributed by atoms with Crippen LogP contribution in [0.3, 0.4) is 0 Å². The van der Waals surface area contributed by atoms with Gasteiger partial charge >= 0.3 is 0 Å². The van der Waals surface area contributed by atoms with Crippen LogP contribution >= 0.6 is 0 Å². The van der Waals surface area contributed by atoms with Crippen molar-refractivity contribution in [3.63, 3.8) is 0 Å². The van der Waals surface area contributed by atoms with Gasteiger partial charge in [0.15, 0.2) is 0 Å². The average Bonchev–Trinajstić information content (AvgIpc) is 3.49. The van der Waals surface area contributed by atoms with E-state index >= 15 is 0 Å². The molecule has 5 aliphatic rings. The minimum Gasteiger partial charge on any atom is -0.354 e. The molecule has 0 aliphatic heterocycles. The van der Waals surface area contributed by atoms with Crippen LogP contribution in [0, 0.1) is 23.7 Å². The summed E-state index contributed by atoms with van der Waals surface area (Å²) in [5.74, 6) is 3.60. The van der Waals surface area contributed by atoms with Gasteiger partial charge in [0.25, 0.3) is 0 Å². The Hall–Kier alpha value is -3.84. The number of aromatic amines is 1. The number of H-pyrrole nitrogens is 1. The van der Waals surface area contributed by atoms with Gasteiger partial charge in [-0.2, -0.15) is 0 Å². The molecule has 39 heavy (non-hydrogen) atoms. The Labute approximate surface area is 228 Å². The standard InChI is InChI=1S/C38H31N/c1-2-6-29-24(5-1)9-12-31-33-21-26(11-14-36(33)39-37(29)31)25-10-13-35-32(20-25)30-7-3-4-8-34(30)38(35)27-16-22-15-23(18-27)19-28(38)17-22/h1-14,20-23,27-28,39H,15-19H2. The fourth-order valence-electron chi connectivity index (χ4n) is 10.2.